The molecule has 0 aromatic heterocycles. The molecule has 2 bridgehead atoms. The molecular formula is C36H23BrO2. The van der Waals surface area contributed by atoms with Crippen LogP contribution >= 0.6 is 15.9 Å². The van der Waals surface area contributed by atoms with E-state index < -0.39 is 5.41 Å². The van der Waals surface area contributed by atoms with Crippen LogP contribution in [0.2, 0.25) is 0 Å². The normalized spacial score (nSPS) is 18.8. The highest BCUT2D eigenvalue weighted by Crippen LogP contribution is 2.62. The van der Waals surface area contributed by atoms with Gasteiger partial charge in [0.25, 0.3) is 0 Å². The standard InChI is InChI=1S/C36H23BrO2/c37-26-21-19-25(20-22-26)36-29-17-9-7-15-27(29)31(28-16-8-10-18-30(28)36)32(34(38)23-11-3-1-4-12-23)33(36)35(39)24-13-5-2-6-14-24/h1-22,31H. The van der Waals surface area contributed by atoms with Gasteiger partial charge in [-0.25, -0.2) is 0 Å². The predicted molar refractivity (Wildman–Crippen MR) is 157 cm³/mol. The van der Waals surface area contributed by atoms with Gasteiger partial charge in [-0.1, -0.05) is 137 Å². The molecule has 5 aromatic rings. The molecule has 0 saturated carbocycles. The van der Waals surface area contributed by atoms with E-state index in [2.05, 4.69) is 52.3 Å². The van der Waals surface area contributed by atoms with Crippen LogP contribution in [0.4, 0.5) is 0 Å². The third-order valence-corrected chi connectivity index (χ3v) is 8.63. The van der Waals surface area contributed by atoms with E-state index >= 15 is 0 Å². The highest BCUT2D eigenvalue weighted by Gasteiger charge is 2.57. The quantitative estimate of drug-likeness (QED) is 0.200. The number of allylic oxidation sites excluding steroid dienone is 2. The Balaban J connectivity index is 1.67. The van der Waals surface area contributed by atoms with Crippen molar-refractivity contribution in [1.29, 1.82) is 0 Å². The van der Waals surface area contributed by atoms with Gasteiger partial charge in [0.1, 0.15) is 0 Å². The number of halogens is 1. The number of benzene rings is 5. The zero-order valence-electron chi connectivity index (χ0n) is 21.0. The molecule has 0 amide bonds. The van der Waals surface area contributed by atoms with Crippen molar-refractivity contribution >= 4 is 27.5 Å². The van der Waals surface area contributed by atoms with Gasteiger partial charge in [0.2, 0.25) is 0 Å². The Labute approximate surface area is 235 Å². The summed E-state index contributed by atoms with van der Waals surface area (Å²) in [6.07, 6.45) is 0. The van der Waals surface area contributed by atoms with Crippen molar-refractivity contribution in [3.05, 3.63) is 188 Å². The summed E-state index contributed by atoms with van der Waals surface area (Å²) < 4.78 is 0.953. The second-order valence-corrected chi connectivity index (χ2v) is 11.0. The Bertz CT molecular complexity index is 1740. The number of carbonyl (C=O) groups excluding carboxylic acids is 2. The van der Waals surface area contributed by atoms with Crippen LogP contribution in [0.5, 0.6) is 0 Å². The number of hydrogen-bond donors (Lipinski definition) is 0. The van der Waals surface area contributed by atoms with Gasteiger partial charge in [0.05, 0.1) is 5.41 Å². The number of hydrogen-bond acceptors (Lipinski definition) is 2. The minimum atomic E-state index is -0.949. The fraction of sp³-hybridized carbons (Fsp3) is 0.0556. The first-order valence-electron chi connectivity index (χ1n) is 13.0. The molecule has 0 unspecified atom stereocenters. The van der Waals surface area contributed by atoms with Crippen LogP contribution in [-0.4, -0.2) is 11.6 Å². The molecule has 8 rings (SSSR count). The van der Waals surface area contributed by atoms with Gasteiger partial charge in [-0.15, -0.1) is 0 Å². The molecule has 0 atom stereocenters. The van der Waals surface area contributed by atoms with Crippen LogP contribution in [0.3, 0.4) is 0 Å². The number of ketones is 2. The van der Waals surface area contributed by atoms with E-state index in [0.717, 1.165) is 32.3 Å². The molecule has 0 saturated heterocycles. The van der Waals surface area contributed by atoms with Crippen molar-refractivity contribution in [2.45, 2.75) is 11.3 Å². The van der Waals surface area contributed by atoms with E-state index in [9.17, 15) is 9.59 Å². The van der Waals surface area contributed by atoms with Crippen LogP contribution in [-0.2, 0) is 5.41 Å². The van der Waals surface area contributed by atoms with Crippen LogP contribution in [0.15, 0.2) is 149 Å². The summed E-state index contributed by atoms with van der Waals surface area (Å²) in [6, 6.07) is 43.5. The van der Waals surface area contributed by atoms with E-state index in [-0.39, 0.29) is 17.5 Å². The summed E-state index contributed by atoms with van der Waals surface area (Å²) in [6.45, 7) is 0. The first kappa shape index (κ1) is 23.8. The van der Waals surface area contributed by atoms with Crippen LogP contribution in [0.25, 0.3) is 0 Å². The van der Waals surface area contributed by atoms with Crippen molar-refractivity contribution in [2.75, 3.05) is 0 Å². The second kappa shape index (κ2) is 9.14. The van der Waals surface area contributed by atoms with Crippen molar-refractivity contribution in [3.63, 3.8) is 0 Å². The van der Waals surface area contributed by atoms with Gasteiger partial charge >= 0.3 is 0 Å². The van der Waals surface area contributed by atoms with E-state index in [0.29, 0.717) is 22.3 Å². The summed E-state index contributed by atoms with van der Waals surface area (Å²) in [5.74, 6) is -0.567. The predicted octanol–water partition coefficient (Wildman–Crippen LogP) is 8.30. The zero-order valence-corrected chi connectivity index (χ0v) is 22.6. The molecule has 0 spiro atoms. The average molecular weight is 567 g/mol. The van der Waals surface area contributed by atoms with E-state index in [1.54, 1.807) is 0 Å². The minimum absolute atomic E-state index is 0.106. The van der Waals surface area contributed by atoms with Crippen LogP contribution < -0.4 is 0 Å². The molecule has 0 radical (unpaired) electrons. The highest BCUT2D eigenvalue weighted by atomic mass is 79.9. The van der Waals surface area contributed by atoms with E-state index in [4.69, 9.17) is 0 Å². The Kier molecular flexibility index (Phi) is 5.57. The van der Waals surface area contributed by atoms with Crippen molar-refractivity contribution in [1.82, 2.24) is 0 Å². The summed E-state index contributed by atoms with van der Waals surface area (Å²) >= 11 is 3.60. The molecule has 0 heterocycles. The first-order valence-corrected chi connectivity index (χ1v) is 13.8. The second-order valence-electron chi connectivity index (χ2n) is 10.0. The lowest BCUT2D eigenvalue weighted by Crippen LogP contribution is -2.47. The van der Waals surface area contributed by atoms with E-state index in [1.165, 1.54) is 0 Å². The molecule has 39 heavy (non-hydrogen) atoms. The summed E-state index contributed by atoms with van der Waals surface area (Å²) in [4.78, 5) is 29.3. The van der Waals surface area contributed by atoms with Crippen molar-refractivity contribution < 1.29 is 9.59 Å². The fourth-order valence-corrected chi connectivity index (χ4v) is 6.86. The lowest BCUT2D eigenvalue weighted by atomic mass is 9.49. The monoisotopic (exact) mass is 566 g/mol. The number of rotatable bonds is 5. The van der Waals surface area contributed by atoms with Crippen LogP contribution in [0, 0.1) is 0 Å². The smallest absolute Gasteiger partial charge is 0.191 e. The molecule has 3 aliphatic rings. The third kappa shape index (κ3) is 3.40. The third-order valence-electron chi connectivity index (χ3n) is 8.11. The molecule has 186 valence electrons. The maximum Gasteiger partial charge on any atom is 0.191 e. The van der Waals surface area contributed by atoms with Gasteiger partial charge in [-0.3, -0.25) is 9.59 Å². The van der Waals surface area contributed by atoms with Gasteiger partial charge in [0, 0.05) is 32.7 Å². The molecule has 2 nitrogen and oxygen atoms in total. The summed E-state index contributed by atoms with van der Waals surface area (Å²) in [7, 11) is 0. The van der Waals surface area contributed by atoms with Gasteiger partial charge in [-0.05, 0) is 39.9 Å². The maximum absolute atomic E-state index is 14.8. The zero-order chi connectivity index (χ0) is 26.6. The maximum atomic E-state index is 14.8. The highest BCUT2D eigenvalue weighted by molar-refractivity contribution is 9.10. The molecule has 3 aliphatic carbocycles. The molecule has 0 N–H and O–H groups in total. The molecule has 5 aromatic carbocycles. The number of Topliss-reactive ketones (excluding diaryl/α,β-unsaturated/α-hetero) is 2. The molecular weight excluding hydrogens is 544 g/mol. The lowest BCUT2D eigenvalue weighted by Gasteiger charge is -2.51. The fourth-order valence-electron chi connectivity index (χ4n) is 6.59. The Morgan fingerprint density at radius 1 is 0.538 bits per heavy atom. The van der Waals surface area contributed by atoms with Crippen molar-refractivity contribution in [2.24, 2.45) is 0 Å². The van der Waals surface area contributed by atoms with Crippen LogP contribution in [0.1, 0.15) is 54.5 Å². The Morgan fingerprint density at radius 2 is 1.00 bits per heavy atom. The largest absolute Gasteiger partial charge is 0.289 e. The Hall–Kier alpha value is -4.34. The van der Waals surface area contributed by atoms with Gasteiger partial charge < -0.3 is 0 Å². The number of carbonyl (C=O) groups is 2. The Morgan fingerprint density at radius 3 is 1.54 bits per heavy atom. The molecule has 0 aliphatic heterocycles. The van der Waals surface area contributed by atoms with Gasteiger partial charge in [0.15, 0.2) is 11.6 Å². The van der Waals surface area contributed by atoms with Gasteiger partial charge in [-0.2, -0.15) is 0 Å². The van der Waals surface area contributed by atoms with E-state index in [1.807, 2.05) is 97.1 Å². The molecule has 3 heteroatoms. The minimum Gasteiger partial charge on any atom is -0.289 e. The topological polar surface area (TPSA) is 34.1 Å². The van der Waals surface area contributed by atoms with Crippen molar-refractivity contribution in [3.8, 4) is 0 Å². The first-order chi connectivity index (χ1) is 19.1. The average Bonchev–Trinajstić information content (AvgIpc) is 3.01. The molecule has 0 fully saturated rings. The SMILES string of the molecule is O=C(C1=C(C(=O)c2ccccc2)C2(c3ccc(Br)cc3)c3ccccc3C1c1ccccc12)c1ccccc1. The lowest BCUT2D eigenvalue weighted by molar-refractivity contribution is 0.0982. The summed E-state index contributed by atoms with van der Waals surface area (Å²) in [5.41, 5.74) is 6.54. The summed E-state index contributed by atoms with van der Waals surface area (Å²) in [5, 5.41) is 0.